The number of aromatic nitrogens is 1. The Hall–Kier alpha value is -1.81. The van der Waals surface area contributed by atoms with Crippen LogP contribution in [0.3, 0.4) is 0 Å². The quantitative estimate of drug-likeness (QED) is 0.333. The number of hydrogen-bond acceptors (Lipinski definition) is 5. The van der Waals surface area contributed by atoms with Crippen molar-refractivity contribution in [3.8, 4) is 5.75 Å². The topological polar surface area (TPSA) is 66.1 Å². The molecule has 29 heavy (non-hydrogen) atoms. The molecule has 0 unspecified atom stereocenters. The Morgan fingerprint density at radius 1 is 1.21 bits per heavy atom. The molecule has 7 nitrogen and oxygen atoms in total. The number of guanidine groups is 1. The van der Waals surface area contributed by atoms with Gasteiger partial charge in [0.15, 0.2) is 5.96 Å². The fraction of sp³-hybridized carbons (Fsp3) is 0.524. The molecule has 160 valence electrons. The van der Waals surface area contributed by atoms with Crippen LogP contribution in [0.5, 0.6) is 5.75 Å². The summed E-state index contributed by atoms with van der Waals surface area (Å²) < 4.78 is 10.5. The van der Waals surface area contributed by atoms with E-state index in [2.05, 4.69) is 39.3 Å². The van der Waals surface area contributed by atoms with Crippen LogP contribution in [0.25, 0.3) is 0 Å². The van der Waals surface area contributed by atoms with Crippen LogP contribution in [0.2, 0.25) is 0 Å². The van der Waals surface area contributed by atoms with Gasteiger partial charge in [0.25, 0.3) is 0 Å². The van der Waals surface area contributed by atoms with Crippen LogP contribution in [0.1, 0.15) is 25.1 Å². The Labute approximate surface area is 190 Å². The molecule has 0 radical (unpaired) electrons. The Bertz CT molecular complexity index is 730. The first-order chi connectivity index (χ1) is 13.8. The van der Waals surface area contributed by atoms with E-state index in [0.29, 0.717) is 6.61 Å². The number of nitrogens with zero attached hydrogens (tertiary/aromatic N) is 4. The lowest BCUT2D eigenvalue weighted by Gasteiger charge is -2.36. The van der Waals surface area contributed by atoms with E-state index >= 15 is 0 Å². The van der Waals surface area contributed by atoms with Gasteiger partial charge in [-0.25, -0.2) is 0 Å². The molecule has 3 rings (SSSR count). The normalized spacial score (nSPS) is 15.1. The molecule has 1 aliphatic rings. The molecule has 1 N–H and O–H groups in total. The molecule has 8 heteroatoms. The molecular formula is C21H32IN5O2. The predicted molar refractivity (Wildman–Crippen MR) is 126 cm³/mol. The maximum atomic E-state index is 5.58. The standard InChI is InChI=1S/C21H31N5O2.HI/c1-3-22-21(23-10-8-18-6-5-7-20(16-18)27-4-2)26-13-11-25(12-14-26)17-19-9-15-28-24-19;/h5-7,9,15-16H,3-4,8,10-14,17H2,1-2H3,(H,22,23);1H. The minimum absolute atomic E-state index is 0. The van der Waals surface area contributed by atoms with Crippen molar-refractivity contribution in [2.75, 3.05) is 45.9 Å². The second-order valence-electron chi connectivity index (χ2n) is 6.82. The summed E-state index contributed by atoms with van der Waals surface area (Å²) in [7, 11) is 0. The van der Waals surface area contributed by atoms with Gasteiger partial charge in [-0.3, -0.25) is 9.89 Å². The Kier molecular flexibility index (Phi) is 10.3. The van der Waals surface area contributed by atoms with E-state index in [0.717, 1.165) is 69.6 Å². The molecule has 1 aromatic carbocycles. The lowest BCUT2D eigenvalue weighted by atomic mass is 10.1. The first kappa shape index (κ1) is 23.5. The van der Waals surface area contributed by atoms with Crippen molar-refractivity contribution in [1.29, 1.82) is 0 Å². The van der Waals surface area contributed by atoms with Gasteiger partial charge in [0.2, 0.25) is 0 Å². The third-order valence-electron chi connectivity index (χ3n) is 4.76. The first-order valence-corrected chi connectivity index (χ1v) is 10.1. The number of piperazine rings is 1. The van der Waals surface area contributed by atoms with E-state index in [9.17, 15) is 0 Å². The van der Waals surface area contributed by atoms with Crippen LogP contribution in [-0.4, -0.2) is 66.8 Å². The number of nitrogens with one attached hydrogen (secondary N) is 1. The summed E-state index contributed by atoms with van der Waals surface area (Å²) in [5, 5.41) is 7.44. The highest BCUT2D eigenvalue weighted by Gasteiger charge is 2.20. The van der Waals surface area contributed by atoms with Gasteiger partial charge in [-0.15, -0.1) is 24.0 Å². The fourth-order valence-electron chi connectivity index (χ4n) is 3.34. The zero-order chi connectivity index (χ0) is 19.6. The fourth-order valence-corrected chi connectivity index (χ4v) is 3.34. The highest BCUT2D eigenvalue weighted by molar-refractivity contribution is 14.0. The Morgan fingerprint density at radius 3 is 2.72 bits per heavy atom. The molecule has 0 aliphatic carbocycles. The van der Waals surface area contributed by atoms with Gasteiger partial charge < -0.3 is 19.5 Å². The van der Waals surface area contributed by atoms with Crippen molar-refractivity contribution in [3.05, 3.63) is 47.9 Å². The van der Waals surface area contributed by atoms with Crippen LogP contribution in [0, 0.1) is 0 Å². The van der Waals surface area contributed by atoms with Crippen LogP contribution < -0.4 is 10.1 Å². The smallest absolute Gasteiger partial charge is 0.194 e. The summed E-state index contributed by atoms with van der Waals surface area (Å²) >= 11 is 0. The van der Waals surface area contributed by atoms with Crippen LogP contribution in [-0.2, 0) is 13.0 Å². The monoisotopic (exact) mass is 513 g/mol. The predicted octanol–water partition coefficient (Wildman–Crippen LogP) is 3.02. The summed E-state index contributed by atoms with van der Waals surface area (Å²) in [5.74, 6) is 1.93. The maximum absolute atomic E-state index is 5.58. The van der Waals surface area contributed by atoms with E-state index in [-0.39, 0.29) is 24.0 Å². The van der Waals surface area contributed by atoms with Gasteiger partial charge in [-0.2, -0.15) is 0 Å². The van der Waals surface area contributed by atoms with Gasteiger partial charge in [-0.1, -0.05) is 17.3 Å². The second-order valence-corrected chi connectivity index (χ2v) is 6.82. The third-order valence-corrected chi connectivity index (χ3v) is 4.76. The molecule has 0 saturated carbocycles. The molecule has 0 spiro atoms. The number of aliphatic imine (C=N–C) groups is 1. The van der Waals surface area contributed by atoms with E-state index in [1.165, 1.54) is 5.56 Å². The minimum atomic E-state index is 0. The molecule has 2 aromatic rings. The average Bonchev–Trinajstić information content (AvgIpc) is 3.22. The molecule has 1 fully saturated rings. The largest absolute Gasteiger partial charge is 0.494 e. The Balaban J connectivity index is 0.00000300. The highest BCUT2D eigenvalue weighted by atomic mass is 127. The Morgan fingerprint density at radius 2 is 2.03 bits per heavy atom. The molecule has 0 amide bonds. The lowest BCUT2D eigenvalue weighted by Crippen LogP contribution is -2.52. The number of rotatable bonds is 8. The maximum Gasteiger partial charge on any atom is 0.194 e. The third kappa shape index (κ3) is 7.50. The van der Waals surface area contributed by atoms with Crippen molar-refractivity contribution in [3.63, 3.8) is 0 Å². The molecule has 1 saturated heterocycles. The van der Waals surface area contributed by atoms with E-state index in [1.54, 1.807) is 6.26 Å². The summed E-state index contributed by atoms with van der Waals surface area (Å²) in [6, 6.07) is 10.2. The van der Waals surface area contributed by atoms with E-state index < -0.39 is 0 Å². The van der Waals surface area contributed by atoms with Gasteiger partial charge in [0.1, 0.15) is 12.0 Å². The molecule has 0 bridgehead atoms. The SMILES string of the molecule is CCNC(=NCCc1cccc(OCC)c1)N1CCN(Cc2ccon2)CC1.I. The minimum Gasteiger partial charge on any atom is -0.494 e. The van der Waals surface area contributed by atoms with Crippen molar-refractivity contribution in [2.24, 2.45) is 4.99 Å². The average molecular weight is 513 g/mol. The van der Waals surface area contributed by atoms with Gasteiger partial charge in [-0.05, 0) is 38.0 Å². The van der Waals surface area contributed by atoms with Crippen molar-refractivity contribution in [1.82, 2.24) is 20.3 Å². The number of benzene rings is 1. The van der Waals surface area contributed by atoms with Crippen molar-refractivity contribution < 1.29 is 9.26 Å². The molecule has 0 atom stereocenters. The zero-order valence-electron chi connectivity index (χ0n) is 17.3. The molecule has 1 aliphatic heterocycles. The molecular weight excluding hydrogens is 481 g/mol. The van der Waals surface area contributed by atoms with Crippen LogP contribution in [0.15, 0.2) is 46.1 Å². The number of halogens is 1. The van der Waals surface area contributed by atoms with Crippen LogP contribution >= 0.6 is 24.0 Å². The van der Waals surface area contributed by atoms with Gasteiger partial charge in [0, 0.05) is 51.9 Å². The van der Waals surface area contributed by atoms with Gasteiger partial charge >= 0.3 is 0 Å². The number of ether oxygens (including phenoxy) is 1. The summed E-state index contributed by atoms with van der Waals surface area (Å²) in [6.45, 7) is 11.2. The highest BCUT2D eigenvalue weighted by Crippen LogP contribution is 2.14. The van der Waals surface area contributed by atoms with Crippen molar-refractivity contribution in [2.45, 2.75) is 26.8 Å². The molecule has 2 heterocycles. The van der Waals surface area contributed by atoms with Crippen LogP contribution in [0.4, 0.5) is 0 Å². The van der Waals surface area contributed by atoms with E-state index in [1.807, 2.05) is 25.1 Å². The first-order valence-electron chi connectivity index (χ1n) is 10.1. The van der Waals surface area contributed by atoms with E-state index in [4.69, 9.17) is 14.3 Å². The summed E-state index contributed by atoms with van der Waals surface area (Å²) in [6.07, 6.45) is 2.54. The second kappa shape index (κ2) is 12.7. The zero-order valence-corrected chi connectivity index (χ0v) is 19.7. The van der Waals surface area contributed by atoms with Crippen molar-refractivity contribution >= 4 is 29.9 Å². The van der Waals surface area contributed by atoms with Gasteiger partial charge in [0.05, 0.1) is 12.3 Å². The molecule has 1 aromatic heterocycles. The summed E-state index contributed by atoms with van der Waals surface area (Å²) in [4.78, 5) is 9.60. The summed E-state index contributed by atoms with van der Waals surface area (Å²) in [5.41, 5.74) is 2.24. The number of hydrogen-bond donors (Lipinski definition) is 1. The lowest BCUT2D eigenvalue weighted by molar-refractivity contribution is 0.169.